The second kappa shape index (κ2) is 6.54. The topological polar surface area (TPSA) is 52.6 Å². The number of ether oxygens (including phenoxy) is 2. The molecule has 0 saturated heterocycles. The van der Waals surface area contributed by atoms with Gasteiger partial charge in [0.15, 0.2) is 5.44 Å². The lowest BCUT2D eigenvalue weighted by Gasteiger charge is -2.13. The Hall–Kier alpha value is -0.970. The van der Waals surface area contributed by atoms with E-state index >= 15 is 0 Å². The summed E-state index contributed by atoms with van der Waals surface area (Å²) >= 11 is 1.19. The molecule has 0 saturated carbocycles. The van der Waals surface area contributed by atoms with E-state index in [1.165, 1.54) is 31.0 Å². The van der Waals surface area contributed by atoms with Gasteiger partial charge >= 0.3 is 11.9 Å². The molecule has 0 aromatic rings. The molecule has 1 atom stereocenters. The fraction of sp³-hybridized carbons (Fsp3) is 0.500. The van der Waals surface area contributed by atoms with Crippen molar-refractivity contribution in [2.45, 2.75) is 19.3 Å². The Morgan fingerprint density at radius 3 is 2.46 bits per heavy atom. The van der Waals surface area contributed by atoms with Crippen molar-refractivity contribution >= 4 is 23.7 Å². The predicted octanol–water partition coefficient (Wildman–Crippen LogP) is 1.32. The highest BCUT2D eigenvalue weighted by Crippen LogP contribution is 2.13. The van der Waals surface area contributed by atoms with Crippen LogP contribution in [0.4, 0.5) is 0 Å². The van der Waals surface area contributed by atoms with Gasteiger partial charge < -0.3 is 9.47 Å². The Kier molecular flexibility index (Phi) is 6.05. The Balaban J connectivity index is 3.85. The van der Waals surface area contributed by atoms with Crippen LogP contribution in [-0.2, 0) is 19.1 Å². The quantitative estimate of drug-likeness (QED) is 0.499. The molecule has 13 heavy (non-hydrogen) atoms. The van der Waals surface area contributed by atoms with Gasteiger partial charge in [0.25, 0.3) is 0 Å². The largest absolute Gasteiger partial charge is 0.461 e. The zero-order valence-corrected chi connectivity index (χ0v) is 8.43. The first-order valence-corrected chi connectivity index (χ1v) is 4.57. The number of carbonyl (C=O) groups is 2. The van der Waals surface area contributed by atoms with Crippen molar-refractivity contribution in [1.82, 2.24) is 0 Å². The van der Waals surface area contributed by atoms with Gasteiger partial charge in [0, 0.05) is 13.8 Å². The number of carbonyl (C=O) groups excluding carboxylic acids is 2. The van der Waals surface area contributed by atoms with Crippen LogP contribution in [-0.4, -0.2) is 24.0 Å². The molecule has 0 heterocycles. The molecule has 5 heteroatoms. The van der Waals surface area contributed by atoms with Gasteiger partial charge in [0.05, 0.1) is 0 Å². The number of hydrogen-bond donors (Lipinski definition) is 0. The lowest BCUT2D eigenvalue weighted by molar-refractivity contribution is -0.151. The summed E-state index contributed by atoms with van der Waals surface area (Å²) in [6, 6.07) is 0. The maximum atomic E-state index is 10.6. The average molecular weight is 204 g/mol. The van der Waals surface area contributed by atoms with Crippen LogP contribution in [0, 0.1) is 0 Å². The van der Waals surface area contributed by atoms with E-state index in [1.807, 2.05) is 0 Å². The van der Waals surface area contributed by atoms with E-state index in [2.05, 4.69) is 11.3 Å². The van der Waals surface area contributed by atoms with E-state index in [-0.39, 0.29) is 6.61 Å². The van der Waals surface area contributed by atoms with Crippen molar-refractivity contribution in [2.75, 3.05) is 6.61 Å². The molecule has 0 bridgehead atoms. The molecule has 0 amide bonds. The first kappa shape index (κ1) is 12.0. The lowest BCUT2D eigenvalue weighted by Crippen LogP contribution is -2.19. The maximum absolute atomic E-state index is 10.6. The highest BCUT2D eigenvalue weighted by molar-refractivity contribution is 8.02. The molecule has 74 valence electrons. The standard InChI is InChI=1S/C8H12O4S/c1-4-13-8(12-7(3)10)5-11-6(2)9/h4,8H,1,5H2,2-3H3. The van der Waals surface area contributed by atoms with Crippen molar-refractivity contribution in [3.63, 3.8) is 0 Å². The Morgan fingerprint density at radius 1 is 1.46 bits per heavy atom. The van der Waals surface area contributed by atoms with Crippen LogP contribution in [0.3, 0.4) is 0 Å². The van der Waals surface area contributed by atoms with Crippen LogP contribution in [0.25, 0.3) is 0 Å². The molecule has 0 radical (unpaired) electrons. The second-order valence-electron chi connectivity index (χ2n) is 2.14. The summed E-state index contributed by atoms with van der Waals surface area (Å²) in [6.07, 6.45) is 0. The van der Waals surface area contributed by atoms with Gasteiger partial charge in [0.2, 0.25) is 0 Å². The first-order chi connectivity index (χ1) is 6.06. The van der Waals surface area contributed by atoms with Gasteiger partial charge in [-0.25, -0.2) is 0 Å². The summed E-state index contributed by atoms with van der Waals surface area (Å²) in [7, 11) is 0. The minimum Gasteiger partial charge on any atom is -0.461 e. The number of hydrogen-bond acceptors (Lipinski definition) is 5. The van der Waals surface area contributed by atoms with Crippen LogP contribution in [0.5, 0.6) is 0 Å². The van der Waals surface area contributed by atoms with Crippen molar-refractivity contribution < 1.29 is 19.1 Å². The Labute approximate surface area is 81.3 Å². The van der Waals surface area contributed by atoms with Crippen molar-refractivity contribution in [1.29, 1.82) is 0 Å². The third-order valence-corrected chi connectivity index (χ3v) is 1.70. The zero-order valence-electron chi connectivity index (χ0n) is 7.61. The highest BCUT2D eigenvalue weighted by atomic mass is 32.2. The summed E-state index contributed by atoms with van der Waals surface area (Å²) in [5, 5.41) is 1.52. The van der Waals surface area contributed by atoms with E-state index in [0.717, 1.165) is 0 Å². The van der Waals surface area contributed by atoms with Crippen LogP contribution in [0.2, 0.25) is 0 Å². The van der Waals surface area contributed by atoms with Crippen molar-refractivity contribution in [3.8, 4) is 0 Å². The normalized spacial score (nSPS) is 11.5. The summed E-state index contributed by atoms with van der Waals surface area (Å²) < 4.78 is 9.49. The van der Waals surface area contributed by atoms with Crippen LogP contribution >= 0.6 is 11.8 Å². The molecule has 1 unspecified atom stereocenters. The SMILES string of the molecule is C=CSC(COC(C)=O)OC(C)=O. The molecule has 0 aliphatic carbocycles. The lowest BCUT2D eigenvalue weighted by atomic mass is 10.7. The van der Waals surface area contributed by atoms with E-state index in [9.17, 15) is 9.59 Å². The van der Waals surface area contributed by atoms with E-state index in [1.54, 1.807) is 0 Å². The van der Waals surface area contributed by atoms with Crippen LogP contribution in [0.1, 0.15) is 13.8 Å². The molecule has 0 aliphatic rings. The third-order valence-electron chi connectivity index (χ3n) is 0.968. The minimum absolute atomic E-state index is 0.0472. The predicted molar refractivity (Wildman–Crippen MR) is 50.0 cm³/mol. The third kappa shape index (κ3) is 7.39. The second-order valence-corrected chi connectivity index (χ2v) is 3.28. The Morgan fingerprint density at radius 2 is 2.08 bits per heavy atom. The smallest absolute Gasteiger partial charge is 0.303 e. The van der Waals surface area contributed by atoms with E-state index in [4.69, 9.17) is 4.74 Å². The molecule has 4 nitrogen and oxygen atoms in total. The number of rotatable bonds is 5. The Bertz CT molecular complexity index is 202. The summed E-state index contributed by atoms with van der Waals surface area (Å²) in [4.78, 5) is 21.0. The molecule has 0 aliphatic heterocycles. The van der Waals surface area contributed by atoms with E-state index < -0.39 is 17.4 Å². The highest BCUT2D eigenvalue weighted by Gasteiger charge is 2.12. The van der Waals surface area contributed by atoms with Crippen LogP contribution < -0.4 is 0 Å². The fourth-order valence-electron chi connectivity index (χ4n) is 0.579. The monoisotopic (exact) mass is 204 g/mol. The van der Waals surface area contributed by atoms with Gasteiger partial charge in [0.1, 0.15) is 6.61 Å². The van der Waals surface area contributed by atoms with Gasteiger partial charge in [-0.1, -0.05) is 18.3 Å². The molecule has 0 spiro atoms. The molecule has 0 N–H and O–H groups in total. The zero-order chi connectivity index (χ0) is 10.3. The van der Waals surface area contributed by atoms with Crippen molar-refractivity contribution in [2.24, 2.45) is 0 Å². The summed E-state index contributed by atoms with van der Waals surface area (Å²) in [5.74, 6) is -0.812. The average Bonchev–Trinajstić information content (AvgIpc) is 1.99. The van der Waals surface area contributed by atoms with Gasteiger partial charge in [-0.3, -0.25) is 9.59 Å². The maximum Gasteiger partial charge on any atom is 0.303 e. The minimum atomic E-state index is -0.501. The van der Waals surface area contributed by atoms with Crippen molar-refractivity contribution in [3.05, 3.63) is 12.0 Å². The first-order valence-electron chi connectivity index (χ1n) is 3.63. The molecular formula is C8H12O4S. The molecule has 0 rings (SSSR count). The van der Waals surface area contributed by atoms with Crippen LogP contribution in [0.15, 0.2) is 12.0 Å². The number of esters is 2. The van der Waals surface area contributed by atoms with Gasteiger partial charge in [-0.2, -0.15) is 0 Å². The summed E-state index contributed by atoms with van der Waals surface area (Å²) in [6.45, 7) is 6.10. The number of thioether (sulfide) groups is 1. The van der Waals surface area contributed by atoms with E-state index in [0.29, 0.717) is 0 Å². The van der Waals surface area contributed by atoms with Gasteiger partial charge in [-0.15, -0.1) is 0 Å². The molecule has 0 aromatic heterocycles. The molecular weight excluding hydrogens is 192 g/mol. The fourth-order valence-corrected chi connectivity index (χ4v) is 1.13. The molecule has 0 aromatic carbocycles. The summed E-state index contributed by atoms with van der Waals surface area (Å²) in [5.41, 5.74) is -0.501. The molecule has 0 fully saturated rings. The van der Waals surface area contributed by atoms with Gasteiger partial charge in [-0.05, 0) is 5.41 Å².